The minimum absolute atomic E-state index is 0.151. The van der Waals surface area contributed by atoms with Gasteiger partial charge in [-0.2, -0.15) is 0 Å². The number of aliphatic hydroxyl groups is 1. The second kappa shape index (κ2) is 5.06. The third-order valence-corrected chi connectivity index (χ3v) is 4.04. The first-order valence-corrected chi connectivity index (χ1v) is 6.84. The topological polar surface area (TPSA) is 40.5 Å². The maximum Gasteiger partial charge on any atom is 0.177 e. The molecule has 1 unspecified atom stereocenters. The van der Waals surface area contributed by atoms with E-state index in [-0.39, 0.29) is 5.78 Å². The third kappa shape index (κ3) is 3.23. The van der Waals surface area contributed by atoms with Crippen molar-refractivity contribution in [2.75, 3.05) is 19.6 Å². The van der Waals surface area contributed by atoms with E-state index in [9.17, 15) is 9.90 Å². The van der Waals surface area contributed by atoms with Gasteiger partial charge in [-0.25, -0.2) is 0 Å². The molecule has 0 bridgehead atoms. The zero-order chi connectivity index (χ0) is 14.2. The Bertz CT molecular complexity index is 506. The van der Waals surface area contributed by atoms with Gasteiger partial charge in [-0.15, -0.1) is 0 Å². The van der Waals surface area contributed by atoms with Gasteiger partial charge in [0.05, 0.1) is 12.1 Å². The molecule has 1 saturated heterocycles. The Balaban J connectivity index is 2.11. The number of hydrogen-bond acceptors (Lipinski definition) is 3. The fourth-order valence-electron chi connectivity index (χ4n) is 2.72. The van der Waals surface area contributed by atoms with Crippen molar-refractivity contribution in [2.45, 2.75) is 39.7 Å². The number of benzene rings is 1. The number of ketones is 1. The van der Waals surface area contributed by atoms with Crippen molar-refractivity contribution in [3.63, 3.8) is 0 Å². The minimum atomic E-state index is -0.640. The first-order chi connectivity index (χ1) is 8.78. The lowest BCUT2D eigenvalue weighted by atomic mass is 9.98. The van der Waals surface area contributed by atoms with Crippen LogP contribution in [0.4, 0.5) is 0 Å². The van der Waals surface area contributed by atoms with Crippen molar-refractivity contribution >= 4 is 5.78 Å². The van der Waals surface area contributed by atoms with Gasteiger partial charge in [0.1, 0.15) is 0 Å². The minimum Gasteiger partial charge on any atom is -0.389 e. The van der Waals surface area contributed by atoms with E-state index in [1.807, 2.05) is 31.7 Å². The van der Waals surface area contributed by atoms with E-state index in [0.717, 1.165) is 29.7 Å². The Hall–Kier alpha value is -1.19. The van der Waals surface area contributed by atoms with Crippen molar-refractivity contribution in [2.24, 2.45) is 0 Å². The van der Waals surface area contributed by atoms with Crippen LogP contribution in [0.25, 0.3) is 0 Å². The second-order valence-electron chi connectivity index (χ2n) is 6.13. The van der Waals surface area contributed by atoms with Crippen LogP contribution in [0.3, 0.4) is 0 Å². The monoisotopic (exact) mass is 261 g/mol. The molecule has 0 aliphatic carbocycles. The van der Waals surface area contributed by atoms with Crippen LogP contribution in [-0.4, -0.2) is 41.0 Å². The molecule has 1 fully saturated rings. The first-order valence-electron chi connectivity index (χ1n) is 6.84. The molecule has 3 nitrogen and oxygen atoms in total. The van der Waals surface area contributed by atoms with Crippen molar-refractivity contribution in [1.82, 2.24) is 4.90 Å². The number of rotatable bonds is 3. The van der Waals surface area contributed by atoms with Crippen molar-refractivity contribution in [3.05, 3.63) is 34.4 Å². The van der Waals surface area contributed by atoms with Crippen LogP contribution in [0.5, 0.6) is 0 Å². The Morgan fingerprint density at radius 2 is 1.89 bits per heavy atom. The van der Waals surface area contributed by atoms with Gasteiger partial charge in [0.25, 0.3) is 0 Å². The second-order valence-corrected chi connectivity index (χ2v) is 6.13. The van der Waals surface area contributed by atoms with Gasteiger partial charge < -0.3 is 5.11 Å². The molecular formula is C16H23NO2. The van der Waals surface area contributed by atoms with E-state index < -0.39 is 5.60 Å². The number of aryl methyl sites for hydroxylation is 3. The maximum absolute atomic E-state index is 12.4. The Morgan fingerprint density at radius 3 is 2.47 bits per heavy atom. The molecule has 1 heterocycles. The molecule has 1 aliphatic heterocycles. The van der Waals surface area contributed by atoms with Crippen LogP contribution >= 0.6 is 0 Å². The first kappa shape index (κ1) is 14.2. The summed E-state index contributed by atoms with van der Waals surface area (Å²) >= 11 is 0. The fraction of sp³-hybridized carbons (Fsp3) is 0.562. The molecule has 0 radical (unpaired) electrons. The lowest BCUT2D eigenvalue weighted by Crippen LogP contribution is -2.33. The fourth-order valence-corrected chi connectivity index (χ4v) is 2.72. The highest BCUT2D eigenvalue weighted by Gasteiger charge is 2.32. The van der Waals surface area contributed by atoms with Crippen LogP contribution in [0.15, 0.2) is 12.1 Å². The maximum atomic E-state index is 12.4. The Morgan fingerprint density at radius 1 is 1.26 bits per heavy atom. The van der Waals surface area contributed by atoms with Gasteiger partial charge in [0.15, 0.2) is 5.78 Å². The van der Waals surface area contributed by atoms with Gasteiger partial charge in [-0.1, -0.05) is 6.07 Å². The van der Waals surface area contributed by atoms with Crippen LogP contribution in [0, 0.1) is 20.8 Å². The zero-order valence-electron chi connectivity index (χ0n) is 12.3. The molecule has 0 spiro atoms. The molecular weight excluding hydrogens is 238 g/mol. The van der Waals surface area contributed by atoms with Gasteiger partial charge >= 0.3 is 0 Å². The van der Waals surface area contributed by atoms with E-state index in [2.05, 4.69) is 13.0 Å². The molecule has 0 aromatic heterocycles. The van der Waals surface area contributed by atoms with Crippen molar-refractivity contribution in [3.8, 4) is 0 Å². The van der Waals surface area contributed by atoms with Gasteiger partial charge in [-0.3, -0.25) is 9.69 Å². The van der Waals surface area contributed by atoms with E-state index in [0.29, 0.717) is 13.1 Å². The van der Waals surface area contributed by atoms with Crippen molar-refractivity contribution in [1.29, 1.82) is 0 Å². The summed E-state index contributed by atoms with van der Waals surface area (Å²) in [5, 5.41) is 9.93. The SMILES string of the molecule is Cc1cc(C)c(C(=O)CN2CCC(C)(O)C2)cc1C. The van der Waals surface area contributed by atoms with E-state index in [1.54, 1.807) is 0 Å². The molecule has 0 amide bonds. The normalized spacial score (nSPS) is 23.8. The third-order valence-electron chi connectivity index (χ3n) is 4.04. The summed E-state index contributed by atoms with van der Waals surface area (Å²) < 4.78 is 0. The van der Waals surface area contributed by atoms with Crippen molar-refractivity contribution < 1.29 is 9.90 Å². The highest BCUT2D eigenvalue weighted by Crippen LogP contribution is 2.21. The largest absolute Gasteiger partial charge is 0.389 e. The number of carbonyl (C=O) groups is 1. The summed E-state index contributed by atoms with van der Waals surface area (Å²) in [7, 11) is 0. The molecule has 3 heteroatoms. The zero-order valence-corrected chi connectivity index (χ0v) is 12.3. The van der Waals surface area contributed by atoms with Gasteiger partial charge in [-0.05, 0) is 56.9 Å². The number of nitrogens with zero attached hydrogens (tertiary/aromatic N) is 1. The number of hydrogen-bond donors (Lipinski definition) is 1. The predicted molar refractivity (Wildman–Crippen MR) is 76.7 cm³/mol. The van der Waals surface area contributed by atoms with Crippen LogP contribution in [-0.2, 0) is 0 Å². The van der Waals surface area contributed by atoms with E-state index >= 15 is 0 Å². The Labute approximate surface area is 115 Å². The highest BCUT2D eigenvalue weighted by atomic mass is 16.3. The van der Waals surface area contributed by atoms with Gasteiger partial charge in [0.2, 0.25) is 0 Å². The summed E-state index contributed by atoms with van der Waals surface area (Å²) in [5.74, 6) is 0.151. The quantitative estimate of drug-likeness (QED) is 0.848. The number of Topliss-reactive ketones (excluding diaryl/α,β-unsaturated/α-hetero) is 1. The molecule has 1 N–H and O–H groups in total. The summed E-state index contributed by atoms with van der Waals surface area (Å²) in [6.07, 6.45) is 0.742. The van der Waals surface area contributed by atoms with Gasteiger partial charge in [0, 0.05) is 18.7 Å². The molecule has 2 rings (SSSR count). The average Bonchev–Trinajstić information content (AvgIpc) is 2.63. The molecule has 1 atom stereocenters. The highest BCUT2D eigenvalue weighted by molar-refractivity contribution is 5.99. The Kier molecular flexibility index (Phi) is 3.79. The molecule has 104 valence electrons. The lowest BCUT2D eigenvalue weighted by Gasteiger charge is -2.18. The number of likely N-dealkylation sites (tertiary alicyclic amines) is 1. The van der Waals surface area contributed by atoms with Crippen LogP contribution in [0.2, 0.25) is 0 Å². The van der Waals surface area contributed by atoms with E-state index in [1.165, 1.54) is 5.56 Å². The van der Waals surface area contributed by atoms with E-state index in [4.69, 9.17) is 0 Å². The summed E-state index contributed by atoms with van der Waals surface area (Å²) in [4.78, 5) is 14.4. The molecule has 0 saturated carbocycles. The smallest absolute Gasteiger partial charge is 0.177 e. The molecule has 1 aromatic carbocycles. The standard InChI is InChI=1S/C16H23NO2/c1-11-7-13(3)14(8-12(11)2)15(18)9-17-6-5-16(4,19)10-17/h7-8,19H,5-6,9-10H2,1-4H3. The number of carbonyl (C=O) groups excluding carboxylic acids is 1. The molecule has 1 aromatic rings. The lowest BCUT2D eigenvalue weighted by molar-refractivity contribution is 0.0669. The summed E-state index contributed by atoms with van der Waals surface area (Å²) in [5.41, 5.74) is 3.59. The predicted octanol–water partition coefficient (Wildman–Crippen LogP) is 2.25. The van der Waals surface area contributed by atoms with Crippen LogP contribution < -0.4 is 0 Å². The summed E-state index contributed by atoms with van der Waals surface area (Å²) in [6, 6.07) is 4.06. The average molecular weight is 261 g/mol. The van der Waals surface area contributed by atoms with Crippen LogP contribution in [0.1, 0.15) is 40.4 Å². The summed E-state index contributed by atoms with van der Waals surface area (Å²) in [6.45, 7) is 9.70. The molecule has 19 heavy (non-hydrogen) atoms. The molecule has 1 aliphatic rings. The number of β-amino-alcohol motifs (C(OH)–C–C–N with tert-alkyl or cyclic N) is 1.